The van der Waals surface area contributed by atoms with E-state index in [1.165, 1.54) is 12.1 Å². The van der Waals surface area contributed by atoms with Crippen LogP contribution in [0.2, 0.25) is 5.02 Å². The Kier molecular flexibility index (Phi) is 5.59. The maximum Gasteiger partial charge on any atom is 1.00 e. The Morgan fingerprint density at radius 1 is 1.43 bits per heavy atom. The Balaban J connectivity index is 0.00000169. The number of halogens is 1. The van der Waals surface area contributed by atoms with Crippen LogP contribution < -0.4 is 57.1 Å². The smallest absolute Gasteiger partial charge is 0.744 e. The van der Waals surface area contributed by atoms with Crippen molar-refractivity contribution in [2.24, 2.45) is 0 Å². The molecule has 0 atom stereocenters. The van der Waals surface area contributed by atoms with E-state index < -0.39 is 15.0 Å². The van der Waals surface area contributed by atoms with Gasteiger partial charge < -0.3 is 10.3 Å². The van der Waals surface area contributed by atoms with Crippen LogP contribution in [0.1, 0.15) is 5.56 Å². The maximum absolute atomic E-state index is 10.6. The molecule has 0 fully saturated rings. The van der Waals surface area contributed by atoms with E-state index in [1.807, 2.05) is 0 Å². The zero-order chi connectivity index (χ0) is 10.2. The minimum Gasteiger partial charge on any atom is -0.744 e. The van der Waals surface area contributed by atoms with Crippen LogP contribution in [-0.4, -0.2) is 13.0 Å². The second kappa shape index (κ2) is 5.27. The van der Waals surface area contributed by atoms with Gasteiger partial charge in [-0.2, -0.15) is 0 Å². The fourth-order valence-electron chi connectivity index (χ4n) is 0.887. The van der Waals surface area contributed by atoms with Crippen molar-refractivity contribution in [1.29, 1.82) is 0 Å². The van der Waals surface area contributed by atoms with Crippen LogP contribution in [0, 0.1) is 6.92 Å². The van der Waals surface area contributed by atoms with Crippen LogP contribution in [0.15, 0.2) is 17.0 Å². The van der Waals surface area contributed by atoms with E-state index in [-0.39, 0.29) is 57.1 Å². The number of nitrogens with two attached hydrogens (primary N) is 1. The van der Waals surface area contributed by atoms with Gasteiger partial charge in [0, 0.05) is 5.02 Å². The molecule has 0 bridgehead atoms. The quantitative estimate of drug-likeness (QED) is 0.364. The molecular weight excluding hydrogens is 253 g/mol. The Morgan fingerprint density at radius 3 is 2.36 bits per heavy atom. The molecule has 0 aliphatic carbocycles. The summed E-state index contributed by atoms with van der Waals surface area (Å²) >= 11 is 5.66. The molecule has 0 aliphatic rings. The van der Waals surface area contributed by atoms with E-state index in [1.54, 1.807) is 6.92 Å². The van der Waals surface area contributed by atoms with Gasteiger partial charge in [0.05, 0.1) is 10.6 Å². The fraction of sp³-hybridized carbons (Fsp3) is 0.143. The number of anilines is 1. The molecule has 0 aromatic heterocycles. The molecule has 0 saturated heterocycles. The van der Waals surface area contributed by atoms with Gasteiger partial charge in [0.1, 0.15) is 10.1 Å². The standard InChI is InChI=1S/C7H8ClNO3S.K/c1-4-2-7(13(10,11)12)6(9)3-5(4)8;/h2-3H,9H2,1H3,(H,10,11,12);/q;+1/p-1. The molecule has 14 heavy (non-hydrogen) atoms. The molecule has 0 heterocycles. The molecule has 0 aliphatic heterocycles. The topological polar surface area (TPSA) is 83.2 Å². The first-order valence-corrected chi connectivity index (χ1v) is 5.12. The van der Waals surface area contributed by atoms with Crippen LogP contribution in [-0.2, 0) is 10.1 Å². The van der Waals surface area contributed by atoms with Gasteiger partial charge >= 0.3 is 51.4 Å². The number of hydrogen-bond donors (Lipinski definition) is 1. The van der Waals surface area contributed by atoms with Gasteiger partial charge in [0.2, 0.25) is 0 Å². The summed E-state index contributed by atoms with van der Waals surface area (Å²) in [6, 6.07) is 2.42. The summed E-state index contributed by atoms with van der Waals surface area (Å²) in [5.74, 6) is 0. The van der Waals surface area contributed by atoms with Crippen molar-refractivity contribution in [3.8, 4) is 0 Å². The van der Waals surface area contributed by atoms with Crippen LogP contribution in [0.5, 0.6) is 0 Å². The van der Waals surface area contributed by atoms with Gasteiger partial charge in [-0.25, -0.2) is 8.42 Å². The Bertz CT molecular complexity index is 446. The summed E-state index contributed by atoms with van der Waals surface area (Å²) in [5, 5.41) is 0.338. The Morgan fingerprint density at radius 2 is 1.93 bits per heavy atom. The van der Waals surface area contributed by atoms with Crippen molar-refractivity contribution in [2.75, 3.05) is 5.73 Å². The molecular formula is C7H7ClKNO3S. The number of benzene rings is 1. The maximum atomic E-state index is 10.6. The summed E-state index contributed by atoms with van der Waals surface area (Å²) < 4.78 is 31.9. The fourth-order valence-corrected chi connectivity index (χ4v) is 1.73. The van der Waals surface area contributed by atoms with E-state index in [0.717, 1.165) is 0 Å². The molecule has 7 heteroatoms. The third kappa shape index (κ3) is 3.46. The average Bonchev–Trinajstić information content (AvgIpc) is 1.94. The van der Waals surface area contributed by atoms with Gasteiger partial charge in [0.25, 0.3) is 0 Å². The molecule has 1 aromatic carbocycles. The molecule has 0 amide bonds. The molecule has 2 N–H and O–H groups in total. The molecule has 0 saturated carbocycles. The van der Waals surface area contributed by atoms with Crippen LogP contribution >= 0.6 is 11.6 Å². The molecule has 0 unspecified atom stereocenters. The van der Waals surface area contributed by atoms with E-state index in [2.05, 4.69) is 0 Å². The summed E-state index contributed by atoms with van der Waals surface area (Å²) in [4.78, 5) is -0.422. The first-order chi connectivity index (χ1) is 5.82. The molecule has 72 valence electrons. The summed E-state index contributed by atoms with van der Waals surface area (Å²) in [6.07, 6.45) is 0. The van der Waals surface area contributed by atoms with Crippen molar-refractivity contribution < 1.29 is 64.4 Å². The molecule has 1 aromatic rings. The monoisotopic (exact) mass is 259 g/mol. The number of nitrogen functional groups attached to an aromatic ring is 1. The second-order valence-corrected chi connectivity index (χ2v) is 4.35. The van der Waals surface area contributed by atoms with Gasteiger partial charge in [-0.1, -0.05) is 11.6 Å². The first kappa shape index (κ1) is 14.9. The van der Waals surface area contributed by atoms with E-state index >= 15 is 0 Å². The Hall–Kier alpha value is 0.856. The number of hydrogen-bond acceptors (Lipinski definition) is 4. The predicted molar refractivity (Wildman–Crippen MR) is 48.6 cm³/mol. The Labute approximate surface area is 130 Å². The third-order valence-electron chi connectivity index (χ3n) is 1.56. The van der Waals surface area contributed by atoms with E-state index in [4.69, 9.17) is 17.3 Å². The molecule has 0 radical (unpaired) electrons. The number of aryl methyl sites for hydroxylation is 1. The molecule has 0 spiro atoms. The van der Waals surface area contributed by atoms with Crippen molar-refractivity contribution in [3.63, 3.8) is 0 Å². The molecule has 4 nitrogen and oxygen atoms in total. The van der Waals surface area contributed by atoms with Crippen LogP contribution in [0.4, 0.5) is 5.69 Å². The molecule has 1 rings (SSSR count). The van der Waals surface area contributed by atoms with Gasteiger partial charge in [-0.15, -0.1) is 0 Å². The minimum absolute atomic E-state index is 0. The summed E-state index contributed by atoms with van der Waals surface area (Å²) in [7, 11) is -4.51. The van der Waals surface area contributed by atoms with Crippen molar-refractivity contribution >= 4 is 27.4 Å². The van der Waals surface area contributed by atoms with Gasteiger partial charge in [-0.05, 0) is 24.6 Å². The second-order valence-electron chi connectivity index (χ2n) is 2.59. The zero-order valence-corrected chi connectivity index (χ0v) is 12.4. The normalized spacial score (nSPS) is 10.8. The largest absolute Gasteiger partial charge is 1.00 e. The van der Waals surface area contributed by atoms with E-state index in [9.17, 15) is 13.0 Å². The van der Waals surface area contributed by atoms with Crippen LogP contribution in [0.25, 0.3) is 0 Å². The predicted octanol–water partition coefficient (Wildman–Crippen LogP) is -1.86. The van der Waals surface area contributed by atoms with Crippen LogP contribution in [0.3, 0.4) is 0 Å². The first-order valence-electron chi connectivity index (χ1n) is 3.34. The minimum atomic E-state index is -4.51. The van der Waals surface area contributed by atoms with Crippen molar-refractivity contribution in [3.05, 3.63) is 22.7 Å². The number of rotatable bonds is 1. The third-order valence-corrected chi connectivity index (χ3v) is 2.86. The zero-order valence-electron chi connectivity index (χ0n) is 7.74. The SMILES string of the molecule is Cc1cc(S(=O)(=O)[O-])c(N)cc1Cl.[K+]. The summed E-state index contributed by atoms with van der Waals surface area (Å²) in [5.41, 5.74) is 5.70. The van der Waals surface area contributed by atoms with Crippen molar-refractivity contribution in [2.45, 2.75) is 11.8 Å². The van der Waals surface area contributed by atoms with Crippen molar-refractivity contribution in [1.82, 2.24) is 0 Å². The van der Waals surface area contributed by atoms with Gasteiger partial charge in [-0.3, -0.25) is 0 Å². The average molecular weight is 260 g/mol. The summed E-state index contributed by atoms with van der Waals surface area (Å²) in [6.45, 7) is 1.59. The van der Waals surface area contributed by atoms with E-state index in [0.29, 0.717) is 10.6 Å². The van der Waals surface area contributed by atoms with Gasteiger partial charge in [0.15, 0.2) is 0 Å².